The highest BCUT2D eigenvalue weighted by Gasteiger charge is 2.04. The van der Waals surface area contributed by atoms with E-state index in [0.29, 0.717) is 10.8 Å². The number of hydrogen-bond donors (Lipinski definition) is 1. The Morgan fingerprint density at radius 2 is 1.89 bits per heavy atom. The first-order valence-corrected chi connectivity index (χ1v) is 7.35. The highest BCUT2D eigenvalue weighted by Crippen LogP contribution is 2.27. The Morgan fingerprint density at radius 3 is 2.53 bits per heavy atom. The van der Waals surface area contributed by atoms with Gasteiger partial charge in [-0.05, 0) is 48.4 Å². The molecule has 1 atom stereocenters. The normalized spacial score (nSPS) is 12.4. The summed E-state index contributed by atoms with van der Waals surface area (Å²) >= 11 is 7.66. The van der Waals surface area contributed by atoms with Crippen molar-refractivity contribution in [2.45, 2.75) is 23.6 Å². The van der Waals surface area contributed by atoms with Crippen molar-refractivity contribution in [3.05, 3.63) is 64.4 Å². The van der Waals surface area contributed by atoms with Crippen LogP contribution in [0, 0.1) is 5.82 Å². The van der Waals surface area contributed by atoms with Crippen LogP contribution >= 0.6 is 23.4 Å². The van der Waals surface area contributed by atoms with Gasteiger partial charge in [0.1, 0.15) is 5.82 Å². The zero-order chi connectivity index (χ0) is 13.8. The average molecular weight is 296 g/mol. The van der Waals surface area contributed by atoms with Crippen molar-refractivity contribution in [1.82, 2.24) is 0 Å². The van der Waals surface area contributed by atoms with Crippen molar-refractivity contribution >= 4 is 23.4 Å². The zero-order valence-electron chi connectivity index (χ0n) is 10.6. The molecule has 2 N–H and O–H groups in total. The monoisotopic (exact) mass is 295 g/mol. The summed E-state index contributed by atoms with van der Waals surface area (Å²) in [6.07, 6.45) is 0. The van der Waals surface area contributed by atoms with E-state index in [2.05, 4.69) is 0 Å². The standard InChI is InChI=1S/C15H15ClFNS/c1-10(18)11-2-5-14(6-3-11)19-9-12-8-13(17)4-7-15(12)16/h2-8,10H,9,18H2,1H3. The molecule has 0 aliphatic heterocycles. The van der Waals surface area contributed by atoms with Gasteiger partial charge >= 0.3 is 0 Å². The zero-order valence-corrected chi connectivity index (χ0v) is 12.1. The van der Waals surface area contributed by atoms with Gasteiger partial charge in [0, 0.05) is 21.7 Å². The Kier molecular flexibility index (Phi) is 4.86. The SMILES string of the molecule is CC(N)c1ccc(SCc2cc(F)ccc2Cl)cc1. The lowest BCUT2D eigenvalue weighted by Gasteiger charge is -2.08. The highest BCUT2D eigenvalue weighted by atomic mass is 35.5. The molecular weight excluding hydrogens is 281 g/mol. The fourth-order valence-corrected chi connectivity index (χ4v) is 2.84. The molecule has 0 saturated heterocycles. The molecule has 19 heavy (non-hydrogen) atoms. The van der Waals surface area contributed by atoms with Crippen molar-refractivity contribution < 1.29 is 4.39 Å². The van der Waals surface area contributed by atoms with Crippen LogP contribution in [0.5, 0.6) is 0 Å². The van der Waals surface area contributed by atoms with Gasteiger partial charge in [0.2, 0.25) is 0 Å². The number of halogens is 2. The van der Waals surface area contributed by atoms with E-state index in [0.717, 1.165) is 16.0 Å². The molecule has 0 saturated carbocycles. The van der Waals surface area contributed by atoms with Crippen molar-refractivity contribution in [3.8, 4) is 0 Å². The molecule has 0 fully saturated rings. The lowest BCUT2D eigenvalue weighted by atomic mass is 10.1. The Hall–Kier alpha value is -1.03. The van der Waals surface area contributed by atoms with E-state index in [1.54, 1.807) is 17.8 Å². The lowest BCUT2D eigenvalue weighted by molar-refractivity contribution is 0.626. The van der Waals surface area contributed by atoms with Gasteiger partial charge in [-0.1, -0.05) is 23.7 Å². The smallest absolute Gasteiger partial charge is 0.123 e. The molecule has 2 aromatic rings. The van der Waals surface area contributed by atoms with Gasteiger partial charge in [-0.3, -0.25) is 0 Å². The van der Waals surface area contributed by atoms with Crippen LogP contribution in [0.15, 0.2) is 47.4 Å². The van der Waals surface area contributed by atoms with Crippen LogP contribution in [-0.4, -0.2) is 0 Å². The Bertz CT molecular complexity index is 555. The average Bonchev–Trinajstić information content (AvgIpc) is 2.40. The summed E-state index contributed by atoms with van der Waals surface area (Å²) in [6, 6.07) is 12.6. The Morgan fingerprint density at radius 1 is 1.21 bits per heavy atom. The molecule has 0 aromatic heterocycles. The van der Waals surface area contributed by atoms with E-state index in [-0.39, 0.29) is 11.9 Å². The van der Waals surface area contributed by atoms with E-state index in [1.807, 2.05) is 31.2 Å². The summed E-state index contributed by atoms with van der Waals surface area (Å²) < 4.78 is 13.1. The summed E-state index contributed by atoms with van der Waals surface area (Å²) in [4.78, 5) is 1.12. The van der Waals surface area contributed by atoms with E-state index in [1.165, 1.54) is 12.1 Å². The Labute approximate surface area is 122 Å². The van der Waals surface area contributed by atoms with Crippen LogP contribution in [0.3, 0.4) is 0 Å². The topological polar surface area (TPSA) is 26.0 Å². The van der Waals surface area contributed by atoms with Crippen LogP contribution in [0.2, 0.25) is 5.02 Å². The maximum absolute atomic E-state index is 13.1. The third kappa shape index (κ3) is 3.96. The number of hydrogen-bond acceptors (Lipinski definition) is 2. The van der Waals surface area contributed by atoms with Crippen LogP contribution < -0.4 is 5.73 Å². The number of thioether (sulfide) groups is 1. The summed E-state index contributed by atoms with van der Waals surface area (Å²) in [6.45, 7) is 1.95. The van der Waals surface area contributed by atoms with E-state index in [9.17, 15) is 4.39 Å². The minimum Gasteiger partial charge on any atom is -0.324 e. The van der Waals surface area contributed by atoms with Crippen molar-refractivity contribution in [2.75, 3.05) is 0 Å². The molecule has 0 amide bonds. The molecule has 2 rings (SSSR count). The molecule has 1 nitrogen and oxygen atoms in total. The third-order valence-corrected chi connectivity index (χ3v) is 4.24. The van der Waals surface area contributed by atoms with E-state index in [4.69, 9.17) is 17.3 Å². The maximum atomic E-state index is 13.1. The van der Waals surface area contributed by atoms with Crippen molar-refractivity contribution in [2.24, 2.45) is 5.73 Å². The third-order valence-electron chi connectivity index (χ3n) is 2.81. The Balaban J connectivity index is 2.04. The predicted octanol–water partition coefficient (Wildman–Crippen LogP) is 4.79. The van der Waals surface area contributed by atoms with Gasteiger partial charge in [0.25, 0.3) is 0 Å². The molecule has 100 valence electrons. The summed E-state index contributed by atoms with van der Waals surface area (Å²) in [5.74, 6) is 0.390. The molecule has 4 heteroatoms. The van der Waals surface area contributed by atoms with Crippen molar-refractivity contribution in [1.29, 1.82) is 0 Å². The van der Waals surface area contributed by atoms with Crippen LogP contribution in [0.1, 0.15) is 24.1 Å². The fraction of sp³-hybridized carbons (Fsp3) is 0.200. The second-order valence-electron chi connectivity index (χ2n) is 4.38. The van der Waals surface area contributed by atoms with Gasteiger partial charge in [0.15, 0.2) is 0 Å². The van der Waals surface area contributed by atoms with Crippen LogP contribution in [0.4, 0.5) is 4.39 Å². The largest absolute Gasteiger partial charge is 0.324 e. The summed E-state index contributed by atoms with van der Waals surface area (Å²) in [5, 5.41) is 0.598. The second kappa shape index (κ2) is 6.42. The maximum Gasteiger partial charge on any atom is 0.123 e. The molecule has 2 aromatic carbocycles. The van der Waals surface area contributed by atoms with Gasteiger partial charge in [0.05, 0.1) is 0 Å². The molecule has 0 radical (unpaired) electrons. The van der Waals surface area contributed by atoms with Crippen LogP contribution in [-0.2, 0) is 5.75 Å². The first-order valence-electron chi connectivity index (χ1n) is 5.98. The fourth-order valence-electron chi connectivity index (χ4n) is 1.68. The lowest BCUT2D eigenvalue weighted by Crippen LogP contribution is -2.04. The quantitative estimate of drug-likeness (QED) is 0.821. The van der Waals surface area contributed by atoms with Gasteiger partial charge in [-0.15, -0.1) is 11.8 Å². The van der Waals surface area contributed by atoms with Gasteiger partial charge in [-0.25, -0.2) is 4.39 Å². The molecule has 0 aliphatic carbocycles. The number of nitrogens with two attached hydrogens (primary N) is 1. The van der Waals surface area contributed by atoms with E-state index < -0.39 is 0 Å². The molecule has 0 aliphatic rings. The second-order valence-corrected chi connectivity index (χ2v) is 5.84. The summed E-state index contributed by atoms with van der Waals surface area (Å²) in [5.41, 5.74) is 7.71. The molecule has 0 spiro atoms. The molecular formula is C15H15ClFNS. The minimum atomic E-state index is -0.257. The molecule has 0 heterocycles. The van der Waals surface area contributed by atoms with E-state index >= 15 is 0 Å². The number of rotatable bonds is 4. The highest BCUT2D eigenvalue weighted by molar-refractivity contribution is 7.98. The van der Waals surface area contributed by atoms with Crippen molar-refractivity contribution in [3.63, 3.8) is 0 Å². The molecule has 0 bridgehead atoms. The van der Waals surface area contributed by atoms with Crippen LogP contribution in [0.25, 0.3) is 0 Å². The summed E-state index contributed by atoms with van der Waals surface area (Å²) in [7, 11) is 0. The predicted molar refractivity (Wildman–Crippen MR) is 80.0 cm³/mol. The first kappa shape index (κ1) is 14.4. The first-order chi connectivity index (χ1) is 9.06. The number of benzene rings is 2. The minimum absolute atomic E-state index is 0.0386. The molecule has 1 unspecified atom stereocenters. The van der Waals surface area contributed by atoms with Gasteiger partial charge < -0.3 is 5.73 Å². The van der Waals surface area contributed by atoms with Gasteiger partial charge in [-0.2, -0.15) is 0 Å².